The zero-order valence-electron chi connectivity index (χ0n) is 13.3. The lowest BCUT2D eigenvalue weighted by Gasteiger charge is -2.09. The van der Waals surface area contributed by atoms with Crippen LogP contribution in [-0.4, -0.2) is 36.1 Å². The highest BCUT2D eigenvalue weighted by molar-refractivity contribution is 8.00. The Bertz CT molecular complexity index is 821. The third-order valence-electron chi connectivity index (χ3n) is 3.24. The van der Waals surface area contributed by atoms with Crippen LogP contribution in [-0.2, 0) is 17.9 Å². The number of hydrogen-bond donors (Lipinski definition) is 1. The number of carbonyl (C=O) groups is 1. The van der Waals surface area contributed by atoms with Gasteiger partial charge < -0.3 is 9.73 Å². The first-order valence-electron chi connectivity index (χ1n) is 7.44. The van der Waals surface area contributed by atoms with Crippen molar-refractivity contribution >= 4 is 17.7 Å². The molecular formula is C15H15FN6O2S. The number of thioether (sulfide) groups is 1. The van der Waals surface area contributed by atoms with E-state index in [1.165, 1.54) is 30.2 Å². The fourth-order valence-electron chi connectivity index (χ4n) is 1.94. The molecule has 3 rings (SSSR count). The molecule has 8 nitrogen and oxygen atoms in total. The third kappa shape index (κ3) is 4.86. The molecule has 0 aliphatic rings. The van der Waals surface area contributed by atoms with Gasteiger partial charge in [-0.3, -0.25) is 4.79 Å². The maximum absolute atomic E-state index is 12.9. The molecule has 0 saturated heterocycles. The zero-order chi connectivity index (χ0) is 17.6. The van der Waals surface area contributed by atoms with Gasteiger partial charge in [-0.1, -0.05) is 23.9 Å². The van der Waals surface area contributed by atoms with Crippen LogP contribution in [0.4, 0.5) is 4.39 Å². The lowest BCUT2D eigenvalue weighted by Crippen LogP contribution is -2.30. The first-order chi connectivity index (χ1) is 12.1. The second kappa shape index (κ2) is 7.88. The van der Waals surface area contributed by atoms with E-state index in [-0.39, 0.29) is 11.7 Å². The van der Waals surface area contributed by atoms with Crippen molar-refractivity contribution in [1.29, 1.82) is 0 Å². The first-order valence-corrected chi connectivity index (χ1v) is 8.32. The van der Waals surface area contributed by atoms with Gasteiger partial charge in [0.2, 0.25) is 11.8 Å². The molecule has 0 saturated carbocycles. The number of nitrogens with zero attached hydrogens (tertiary/aromatic N) is 5. The van der Waals surface area contributed by atoms with Crippen LogP contribution in [0, 0.1) is 5.82 Å². The van der Waals surface area contributed by atoms with Crippen molar-refractivity contribution in [1.82, 2.24) is 30.3 Å². The molecule has 1 unspecified atom stereocenters. The summed E-state index contributed by atoms with van der Waals surface area (Å²) in [4.78, 5) is 16.0. The van der Waals surface area contributed by atoms with E-state index in [9.17, 15) is 9.18 Å². The van der Waals surface area contributed by atoms with Crippen molar-refractivity contribution in [2.75, 3.05) is 0 Å². The number of carbonyl (C=O) groups excluding carboxylic acids is 1. The molecule has 1 N–H and O–H groups in total. The molecule has 1 atom stereocenters. The summed E-state index contributed by atoms with van der Waals surface area (Å²) in [6.45, 7) is 2.38. The van der Waals surface area contributed by atoms with Crippen LogP contribution in [0.1, 0.15) is 18.4 Å². The topological polar surface area (TPSA) is 98.7 Å². The standard InChI is InChI=1S/C15H15FN6O2S/c1-10(14(23)18-6-11-2-4-12(16)5-3-11)25-15-21-20-13(24-15)7-22-9-17-8-19-22/h2-5,8-10H,6-7H2,1H3,(H,18,23). The molecule has 1 aromatic carbocycles. The van der Waals surface area contributed by atoms with Crippen LogP contribution in [0.5, 0.6) is 0 Å². The predicted octanol–water partition coefficient (Wildman–Crippen LogP) is 1.65. The van der Waals surface area contributed by atoms with Crippen LogP contribution < -0.4 is 5.32 Å². The SMILES string of the molecule is CC(Sc1nnc(Cn2cncn2)o1)C(=O)NCc1ccc(F)cc1. The van der Waals surface area contributed by atoms with E-state index >= 15 is 0 Å². The lowest BCUT2D eigenvalue weighted by atomic mass is 10.2. The van der Waals surface area contributed by atoms with Crippen molar-refractivity contribution in [2.45, 2.75) is 30.5 Å². The molecule has 3 aromatic rings. The molecule has 0 radical (unpaired) electrons. The number of benzene rings is 1. The first kappa shape index (κ1) is 17.1. The molecule has 0 aliphatic carbocycles. The average molecular weight is 362 g/mol. The van der Waals surface area contributed by atoms with Crippen LogP contribution in [0.15, 0.2) is 46.6 Å². The summed E-state index contributed by atoms with van der Waals surface area (Å²) < 4.78 is 19.9. The van der Waals surface area contributed by atoms with Crippen LogP contribution in [0.25, 0.3) is 0 Å². The van der Waals surface area contributed by atoms with Crippen molar-refractivity contribution in [3.63, 3.8) is 0 Å². The molecule has 0 bridgehead atoms. The maximum Gasteiger partial charge on any atom is 0.277 e. The zero-order valence-corrected chi connectivity index (χ0v) is 14.1. The smallest absolute Gasteiger partial charge is 0.277 e. The van der Waals surface area contributed by atoms with Crippen LogP contribution >= 0.6 is 11.8 Å². The summed E-state index contributed by atoms with van der Waals surface area (Å²) in [5.74, 6) is -0.102. The highest BCUT2D eigenvalue weighted by Gasteiger charge is 2.18. The van der Waals surface area contributed by atoms with E-state index in [0.717, 1.165) is 5.56 Å². The monoisotopic (exact) mass is 362 g/mol. The van der Waals surface area contributed by atoms with Gasteiger partial charge in [0.1, 0.15) is 25.0 Å². The second-order valence-corrected chi connectivity index (χ2v) is 6.45. The Kier molecular flexibility index (Phi) is 5.39. The second-order valence-electron chi connectivity index (χ2n) is 5.16. The maximum atomic E-state index is 12.9. The highest BCUT2D eigenvalue weighted by Crippen LogP contribution is 2.22. The van der Waals surface area contributed by atoms with Gasteiger partial charge in [-0.05, 0) is 24.6 Å². The van der Waals surface area contributed by atoms with E-state index < -0.39 is 5.25 Å². The Morgan fingerprint density at radius 1 is 1.36 bits per heavy atom. The summed E-state index contributed by atoms with van der Waals surface area (Å²) in [6, 6.07) is 5.97. The summed E-state index contributed by atoms with van der Waals surface area (Å²) in [7, 11) is 0. The van der Waals surface area contributed by atoms with E-state index in [0.29, 0.717) is 24.2 Å². The number of amides is 1. The Balaban J connectivity index is 1.49. The molecule has 0 fully saturated rings. The summed E-state index contributed by atoms with van der Waals surface area (Å²) in [5.41, 5.74) is 0.819. The Morgan fingerprint density at radius 2 is 2.16 bits per heavy atom. The molecule has 130 valence electrons. The van der Waals surface area contributed by atoms with Gasteiger partial charge in [-0.2, -0.15) is 5.10 Å². The van der Waals surface area contributed by atoms with Crippen molar-refractivity contribution in [2.24, 2.45) is 0 Å². The minimum absolute atomic E-state index is 0.176. The van der Waals surface area contributed by atoms with Gasteiger partial charge in [0.25, 0.3) is 5.22 Å². The summed E-state index contributed by atoms with van der Waals surface area (Å²) >= 11 is 1.17. The largest absolute Gasteiger partial charge is 0.414 e. The van der Waals surface area contributed by atoms with E-state index in [2.05, 4.69) is 25.6 Å². The molecular weight excluding hydrogens is 347 g/mol. The minimum Gasteiger partial charge on any atom is -0.414 e. The fraction of sp³-hybridized carbons (Fsp3) is 0.267. The molecule has 0 aliphatic heterocycles. The summed E-state index contributed by atoms with van der Waals surface area (Å²) in [6.07, 6.45) is 2.96. The van der Waals surface area contributed by atoms with E-state index in [1.807, 2.05) is 0 Å². The molecule has 25 heavy (non-hydrogen) atoms. The molecule has 2 aromatic heterocycles. The third-order valence-corrected chi connectivity index (χ3v) is 4.17. The van der Waals surface area contributed by atoms with Gasteiger partial charge in [-0.15, -0.1) is 10.2 Å². The van der Waals surface area contributed by atoms with Crippen molar-refractivity contribution in [3.05, 3.63) is 54.2 Å². The molecule has 2 heterocycles. The number of rotatable bonds is 7. The number of aromatic nitrogens is 5. The molecule has 0 spiro atoms. The lowest BCUT2D eigenvalue weighted by molar-refractivity contribution is -0.120. The Hall–Kier alpha value is -2.75. The van der Waals surface area contributed by atoms with Crippen molar-refractivity contribution in [3.8, 4) is 0 Å². The van der Waals surface area contributed by atoms with Crippen LogP contribution in [0.3, 0.4) is 0 Å². The van der Waals surface area contributed by atoms with Gasteiger partial charge in [0, 0.05) is 6.54 Å². The number of hydrogen-bond acceptors (Lipinski definition) is 7. The van der Waals surface area contributed by atoms with Gasteiger partial charge in [0.15, 0.2) is 0 Å². The van der Waals surface area contributed by atoms with E-state index in [4.69, 9.17) is 4.42 Å². The Labute approximate surface area is 146 Å². The minimum atomic E-state index is -0.417. The quantitative estimate of drug-likeness (QED) is 0.638. The number of halogens is 1. The Morgan fingerprint density at radius 3 is 2.88 bits per heavy atom. The normalized spacial score (nSPS) is 12.1. The predicted molar refractivity (Wildman–Crippen MR) is 87.0 cm³/mol. The van der Waals surface area contributed by atoms with Gasteiger partial charge in [0.05, 0.1) is 5.25 Å². The molecule has 10 heteroatoms. The van der Waals surface area contributed by atoms with Gasteiger partial charge in [-0.25, -0.2) is 14.1 Å². The van der Waals surface area contributed by atoms with E-state index in [1.54, 1.807) is 30.1 Å². The van der Waals surface area contributed by atoms with Crippen LogP contribution in [0.2, 0.25) is 0 Å². The van der Waals surface area contributed by atoms with Crippen molar-refractivity contribution < 1.29 is 13.6 Å². The fourth-order valence-corrected chi connectivity index (χ4v) is 2.67. The van der Waals surface area contributed by atoms with Gasteiger partial charge >= 0.3 is 0 Å². The highest BCUT2D eigenvalue weighted by atomic mass is 32.2. The number of nitrogens with one attached hydrogen (secondary N) is 1. The molecule has 1 amide bonds. The summed E-state index contributed by atoms with van der Waals surface area (Å²) in [5, 5.41) is 14.4. The average Bonchev–Trinajstić information content (AvgIpc) is 3.26.